The summed E-state index contributed by atoms with van der Waals surface area (Å²) in [6, 6.07) is 5.93. The molecular weight excluding hydrogens is 304 g/mol. The van der Waals surface area contributed by atoms with Gasteiger partial charge in [-0.15, -0.1) is 0 Å². The van der Waals surface area contributed by atoms with E-state index in [0.717, 1.165) is 56.0 Å². The number of carbonyl (C=O) groups is 1. The average Bonchev–Trinajstić information content (AvgIpc) is 3.03. The van der Waals surface area contributed by atoms with E-state index in [1.807, 2.05) is 30.3 Å². The van der Waals surface area contributed by atoms with Crippen molar-refractivity contribution in [2.75, 3.05) is 23.4 Å². The fourth-order valence-electron chi connectivity index (χ4n) is 3.46. The van der Waals surface area contributed by atoms with Gasteiger partial charge in [0.25, 0.3) is 0 Å². The summed E-state index contributed by atoms with van der Waals surface area (Å²) in [5.41, 5.74) is 3.08. The van der Waals surface area contributed by atoms with Crippen molar-refractivity contribution < 1.29 is 9.53 Å². The molecule has 1 aromatic carbocycles. The number of nitrogens with zero attached hydrogens (tertiary/aromatic N) is 3. The Kier molecular flexibility index (Phi) is 3.88. The molecular formula is C18H22N4O2. The van der Waals surface area contributed by atoms with Gasteiger partial charge >= 0.3 is 0 Å². The Morgan fingerprint density at radius 1 is 1.33 bits per heavy atom. The number of aryl methyl sites for hydroxylation is 2. The highest BCUT2D eigenvalue weighted by molar-refractivity contribution is 5.99. The van der Waals surface area contributed by atoms with Gasteiger partial charge in [-0.2, -0.15) is 5.10 Å². The van der Waals surface area contributed by atoms with Crippen LogP contribution in [0.4, 0.5) is 11.4 Å². The van der Waals surface area contributed by atoms with Crippen molar-refractivity contribution >= 4 is 17.3 Å². The van der Waals surface area contributed by atoms with Crippen LogP contribution >= 0.6 is 0 Å². The maximum absolute atomic E-state index is 12.8. The highest BCUT2D eigenvalue weighted by Crippen LogP contribution is 2.29. The first-order chi connectivity index (χ1) is 11.7. The molecule has 2 aliphatic heterocycles. The Balaban J connectivity index is 1.50. The molecule has 1 N–H and O–H groups in total. The fraction of sp³-hybridized carbons (Fsp3) is 0.444. The molecule has 24 heavy (non-hydrogen) atoms. The molecule has 1 atom stereocenters. The zero-order valence-electron chi connectivity index (χ0n) is 13.9. The number of amides is 1. The van der Waals surface area contributed by atoms with E-state index in [-0.39, 0.29) is 11.9 Å². The minimum atomic E-state index is -0.193. The molecule has 0 bridgehead atoms. The Morgan fingerprint density at radius 3 is 3.08 bits per heavy atom. The number of carbonyl (C=O) groups excluding carboxylic acids is 1. The Labute approximate surface area is 141 Å². The van der Waals surface area contributed by atoms with Gasteiger partial charge in [0.05, 0.1) is 18.5 Å². The van der Waals surface area contributed by atoms with Crippen molar-refractivity contribution in [2.45, 2.75) is 31.7 Å². The van der Waals surface area contributed by atoms with Gasteiger partial charge in [-0.1, -0.05) is 0 Å². The van der Waals surface area contributed by atoms with Gasteiger partial charge in [0.15, 0.2) is 0 Å². The van der Waals surface area contributed by atoms with Crippen molar-refractivity contribution in [1.82, 2.24) is 9.78 Å². The first-order valence-corrected chi connectivity index (χ1v) is 8.53. The predicted octanol–water partition coefficient (Wildman–Crippen LogP) is 2.35. The summed E-state index contributed by atoms with van der Waals surface area (Å²) < 4.78 is 7.38. The maximum atomic E-state index is 12.8. The maximum Gasteiger partial charge on any atom is 0.249 e. The van der Waals surface area contributed by atoms with Gasteiger partial charge in [0.1, 0.15) is 11.8 Å². The molecule has 0 spiro atoms. The molecule has 2 aromatic rings. The first kappa shape index (κ1) is 15.1. The number of hydrogen-bond donors (Lipinski definition) is 1. The Hall–Kier alpha value is -2.50. The topological polar surface area (TPSA) is 59.4 Å². The van der Waals surface area contributed by atoms with E-state index in [0.29, 0.717) is 0 Å². The van der Waals surface area contributed by atoms with Crippen molar-refractivity contribution in [1.29, 1.82) is 0 Å². The number of rotatable bonds is 3. The lowest BCUT2D eigenvalue weighted by Crippen LogP contribution is -2.47. The van der Waals surface area contributed by atoms with E-state index in [1.165, 1.54) is 5.56 Å². The van der Waals surface area contributed by atoms with Crippen LogP contribution in [-0.4, -0.2) is 34.9 Å². The molecule has 2 aliphatic rings. The standard InChI is InChI=1S/C18H22N4O2/c1-21-12-15(11-19-21)22-8-2-5-16(18(22)23)20-14-6-7-17-13(10-14)4-3-9-24-17/h6-7,10-12,16,20H,2-5,8-9H2,1H3/t16-/m0/s1. The first-order valence-electron chi connectivity index (χ1n) is 8.53. The molecule has 1 aromatic heterocycles. The number of ether oxygens (including phenoxy) is 1. The zero-order chi connectivity index (χ0) is 16.5. The third-order valence-electron chi connectivity index (χ3n) is 4.69. The number of hydrogen-bond acceptors (Lipinski definition) is 4. The lowest BCUT2D eigenvalue weighted by molar-refractivity contribution is -0.120. The minimum Gasteiger partial charge on any atom is -0.493 e. The summed E-state index contributed by atoms with van der Waals surface area (Å²) in [6.07, 6.45) is 7.54. The second-order valence-electron chi connectivity index (χ2n) is 6.48. The highest BCUT2D eigenvalue weighted by atomic mass is 16.5. The van der Waals surface area contributed by atoms with Crippen LogP contribution in [0, 0.1) is 0 Å². The van der Waals surface area contributed by atoms with Crippen LogP contribution in [0.5, 0.6) is 5.75 Å². The van der Waals surface area contributed by atoms with Crippen LogP contribution in [0.3, 0.4) is 0 Å². The summed E-state index contributed by atoms with van der Waals surface area (Å²) in [6.45, 7) is 1.54. The van der Waals surface area contributed by atoms with Crippen LogP contribution in [0.15, 0.2) is 30.6 Å². The monoisotopic (exact) mass is 326 g/mol. The molecule has 1 saturated heterocycles. The van der Waals surface area contributed by atoms with E-state index in [9.17, 15) is 4.79 Å². The molecule has 3 heterocycles. The molecule has 0 unspecified atom stereocenters. The SMILES string of the molecule is Cn1cc(N2CCC[C@H](Nc3ccc4c(c3)CCCO4)C2=O)cn1. The number of anilines is 2. The van der Waals surface area contributed by atoms with Crippen LogP contribution in [0.2, 0.25) is 0 Å². The van der Waals surface area contributed by atoms with E-state index >= 15 is 0 Å². The Morgan fingerprint density at radius 2 is 2.25 bits per heavy atom. The zero-order valence-corrected chi connectivity index (χ0v) is 13.9. The van der Waals surface area contributed by atoms with Crippen LogP contribution in [0.25, 0.3) is 0 Å². The second-order valence-corrected chi connectivity index (χ2v) is 6.48. The smallest absolute Gasteiger partial charge is 0.249 e. The molecule has 4 rings (SSSR count). The normalized spacial score (nSPS) is 20.5. The number of benzene rings is 1. The fourth-order valence-corrected chi connectivity index (χ4v) is 3.46. The van der Waals surface area contributed by atoms with Gasteiger partial charge in [-0.3, -0.25) is 9.48 Å². The molecule has 0 saturated carbocycles. The van der Waals surface area contributed by atoms with E-state index in [1.54, 1.807) is 10.9 Å². The van der Waals surface area contributed by atoms with Crippen molar-refractivity contribution in [3.63, 3.8) is 0 Å². The molecule has 0 radical (unpaired) electrons. The summed E-state index contributed by atoms with van der Waals surface area (Å²) in [7, 11) is 1.86. The average molecular weight is 326 g/mol. The molecule has 1 fully saturated rings. The highest BCUT2D eigenvalue weighted by Gasteiger charge is 2.30. The largest absolute Gasteiger partial charge is 0.493 e. The van der Waals surface area contributed by atoms with E-state index in [4.69, 9.17) is 4.74 Å². The van der Waals surface area contributed by atoms with E-state index < -0.39 is 0 Å². The third kappa shape index (κ3) is 2.84. The van der Waals surface area contributed by atoms with Crippen LogP contribution < -0.4 is 15.0 Å². The van der Waals surface area contributed by atoms with Gasteiger partial charge in [0, 0.05) is 25.5 Å². The molecule has 6 heteroatoms. The lowest BCUT2D eigenvalue weighted by atomic mass is 10.0. The van der Waals surface area contributed by atoms with Crippen molar-refractivity contribution in [3.05, 3.63) is 36.2 Å². The third-order valence-corrected chi connectivity index (χ3v) is 4.69. The molecule has 1 amide bonds. The Bertz CT molecular complexity index is 755. The van der Waals surface area contributed by atoms with Crippen LogP contribution in [-0.2, 0) is 18.3 Å². The van der Waals surface area contributed by atoms with Crippen molar-refractivity contribution in [2.24, 2.45) is 7.05 Å². The number of fused-ring (bicyclic) bond motifs is 1. The summed E-state index contributed by atoms with van der Waals surface area (Å²) >= 11 is 0. The number of nitrogens with one attached hydrogen (secondary N) is 1. The van der Waals surface area contributed by atoms with E-state index in [2.05, 4.69) is 16.5 Å². The van der Waals surface area contributed by atoms with Crippen molar-refractivity contribution in [3.8, 4) is 5.75 Å². The molecule has 0 aliphatic carbocycles. The summed E-state index contributed by atoms with van der Waals surface area (Å²) in [4.78, 5) is 14.7. The number of piperidine rings is 1. The summed E-state index contributed by atoms with van der Waals surface area (Å²) in [5, 5.41) is 7.59. The van der Waals surface area contributed by atoms with Crippen LogP contribution in [0.1, 0.15) is 24.8 Å². The van der Waals surface area contributed by atoms with Gasteiger partial charge < -0.3 is 15.0 Å². The quantitative estimate of drug-likeness (QED) is 0.941. The molecule has 126 valence electrons. The number of aromatic nitrogens is 2. The molecule has 6 nitrogen and oxygen atoms in total. The lowest BCUT2D eigenvalue weighted by Gasteiger charge is -2.32. The van der Waals surface area contributed by atoms with Gasteiger partial charge in [-0.05, 0) is 49.4 Å². The van der Waals surface area contributed by atoms with Gasteiger partial charge in [-0.25, -0.2) is 0 Å². The minimum absolute atomic E-state index is 0.114. The van der Waals surface area contributed by atoms with Gasteiger partial charge in [0.2, 0.25) is 5.91 Å². The summed E-state index contributed by atoms with van der Waals surface area (Å²) in [5.74, 6) is 1.09. The predicted molar refractivity (Wildman–Crippen MR) is 92.5 cm³/mol. The second kappa shape index (κ2) is 6.19.